The topological polar surface area (TPSA) is 64.3 Å². The van der Waals surface area contributed by atoms with Crippen LogP contribution in [0.4, 0.5) is 24.8 Å². The molecule has 1 rings (SSSR count). The molecule has 0 radical (unpaired) electrons. The summed E-state index contributed by atoms with van der Waals surface area (Å²) in [6, 6.07) is 1.29. The molecule has 102 valence electrons. The lowest BCUT2D eigenvalue weighted by molar-refractivity contribution is -0.144. The van der Waals surface area contributed by atoms with Crippen molar-refractivity contribution in [3.8, 4) is 0 Å². The molecule has 2 N–H and O–H groups in total. The fourth-order valence-electron chi connectivity index (χ4n) is 1.24. The van der Waals surface area contributed by atoms with Crippen LogP contribution >= 0.6 is 0 Å². The molecule has 18 heavy (non-hydrogen) atoms. The number of hydrogen-bond donors (Lipinski definition) is 1. The van der Waals surface area contributed by atoms with E-state index in [2.05, 4.69) is 9.97 Å². The molecule has 0 unspecified atom stereocenters. The molecule has 1 aromatic rings. The lowest BCUT2D eigenvalue weighted by atomic mass is 10.4. The van der Waals surface area contributed by atoms with Crippen molar-refractivity contribution in [2.24, 2.45) is 0 Å². The van der Waals surface area contributed by atoms with Crippen molar-refractivity contribution in [2.45, 2.75) is 13.1 Å². The fraction of sp³-hybridized carbons (Fsp3) is 0.600. The van der Waals surface area contributed by atoms with Gasteiger partial charge in [-0.25, -0.2) is 9.97 Å². The van der Waals surface area contributed by atoms with Crippen LogP contribution in [0.3, 0.4) is 0 Å². The SMILES string of the molecule is CCOCCN(C)c1cc(N)nc(C(F)(F)F)n1. The van der Waals surface area contributed by atoms with Crippen LogP contribution < -0.4 is 10.6 Å². The van der Waals surface area contributed by atoms with Gasteiger partial charge in [0.05, 0.1) is 6.61 Å². The first-order valence-corrected chi connectivity index (χ1v) is 5.35. The number of halogens is 3. The van der Waals surface area contributed by atoms with Crippen LogP contribution in [-0.4, -0.2) is 36.8 Å². The monoisotopic (exact) mass is 264 g/mol. The Labute approximate surface area is 103 Å². The molecule has 5 nitrogen and oxygen atoms in total. The number of nitrogens with two attached hydrogens (primary N) is 1. The number of anilines is 2. The third-order valence-electron chi connectivity index (χ3n) is 2.15. The molecule has 0 bridgehead atoms. The van der Waals surface area contributed by atoms with E-state index in [4.69, 9.17) is 10.5 Å². The number of nitrogens with zero attached hydrogens (tertiary/aromatic N) is 3. The summed E-state index contributed by atoms with van der Waals surface area (Å²) >= 11 is 0. The van der Waals surface area contributed by atoms with Gasteiger partial charge in [-0.2, -0.15) is 13.2 Å². The maximum atomic E-state index is 12.5. The van der Waals surface area contributed by atoms with Gasteiger partial charge in [0.2, 0.25) is 5.82 Å². The van der Waals surface area contributed by atoms with Gasteiger partial charge in [0.25, 0.3) is 0 Å². The Hall–Kier alpha value is -1.57. The summed E-state index contributed by atoms with van der Waals surface area (Å²) in [7, 11) is 1.61. The number of ether oxygens (including phenoxy) is 1. The molecule has 0 saturated heterocycles. The molecular weight excluding hydrogens is 249 g/mol. The van der Waals surface area contributed by atoms with E-state index >= 15 is 0 Å². The first kappa shape index (κ1) is 14.5. The summed E-state index contributed by atoms with van der Waals surface area (Å²) in [6.07, 6.45) is -4.61. The van der Waals surface area contributed by atoms with Gasteiger partial charge < -0.3 is 15.4 Å². The molecule has 0 atom stereocenters. The van der Waals surface area contributed by atoms with Gasteiger partial charge in [0, 0.05) is 26.3 Å². The Morgan fingerprint density at radius 3 is 2.61 bits per heavy atom. The highest BCUT2D eigenvalue weighted by molar-refractivity contribution is 5.46. The molecule has 1 heterocycles. The number of nitrogen functional groups attached to an aromatic ring is 1. The van der Waals surface area contributed by atoms with Gasteiger partial charge in [-0.05, 0) is 6.92 Å². The minimum atomic E-state index is -4.61. The Morgan fingerprint density at radius 1 is 1.39 bits per heavy atom. The molecular formula is C10H15F3N4O. The van der Waals surface area contributed by atoms with E-state index in [-0.39, 0.29) is 11.6 Å². The lowest BCUT2D eigenvalue weighted by Crippen LogP contribution is -2.25. The van der Waals surface area contributed by atoms with Crippen LogP contribution in [0.1, 0.15) is 12.7 Å². The first-order chi connectivity index (χ1) is 8.34. The Morgan fingerprint density at radius 2 is 2.06 bits per heavy atom. The summed E-state index contributed by atoms with van der Waals surface area (Å²) in [5, 5.41) is 0. The zero-order valence-electron chi connectivity index (χ0n) is 10.2. The summed E-state index contributed by atoms with van der Waals surface area (Å²) < 4.78 is 42.6. The first-order valence-electron chi connectivity index (χ1n) is 5.35. The second-order valence-corrected chi connectivity index (χ2v) is 3.59. The molecule has 0 fully saturated rings. The standard InChI is InChI=1S/C10H15F3N4O/c1-3-18-5-4-17(2)8-6-7(14)15-9(16-8)10(11,12)13/h6H,3-5H2,1-2H3,(H2,14,15,16). The van der Waals surface area contributed by atoms with Crippen LogP contribution in [0.2, 0.25) is 0 Å². The van der Waals surface area contributed by atoms with Gasteiger partial charge >= 0.3 is 6.18 Å². The number of likely N-dealkylation sites (N-methyl/N-ethyl adjacent to an activating group) is 1. The average molecular weight is 264 g/mol. The summed E-state index contributed by atoms with van der Waals surface area (Å²) in [5.74, 6) is -1.33. The molecule has 0 amide bonds. The summed E-state index contributed by atoms with van der Waals surface area (Å²) in [6.45, 7) is 3.21. The predicted molar refractivity (Wildman–Crippen MR) is 61.2 cm³/mol. The van der Waals surface area contributed by atoms with Gasteiger partial charge in [0.1, 0.15) is 11.6 Å². The predicted octanol–water partition coefficient (Wildman–Crippen LogP) is 1.55. The second-order valence-electron chi connectivity index (χ2n) is 3.59. The van der Waals surface area contributed by atoms with E-state index in [1.165, 1.54) is 11.0 Å². The van der Waals surface area contributed by atoms with Crippen molar-refractivity contribution >= 4 is 11.6 Å². The normalized spacial score (nSPS) is 11.6. The molecule has 0 aromatic carbocycles. The van der Waals surface area contributed by atoms with Crippen LogP contribution in [0.15, 0.2) is 6.07 Å². The lowest BCUT2D eigenvalue weighted by Gasteiger charge is -2.19. The van der Waals surface area contributed by atoms with Crippen molar-refractivity contribution in [1.82, 2.24) is 9.97 Å². The zero-order valence-corrected chi connectivity index (χ0v) is 10.2. The van der Waals surface area contributed by atoms with Gasteiger partial charge in [-0.15, -0.1) is 0 Å². The summed E-state index contributed by atoms with van der Waals surface area (Å²) in [4.78, 5) is 8.14. The largest absolute Gasteiger partial charge is 0.451 e. The average Bonchev–Trinajstić information content (AvgIpc) is 2.27. The smallest absolute Gasteiger partial charge is 0.384 e. The summed E-state index contributed by atoms with van der Waals surface area (Å²) in [5.41, 5.74) is 5.34. The number of alkyl halides is 3. The van der Waals surface area contributed by atoms with Gasteiger partial charge in [-0.3, -0.25) is 0 Å². The van der Waals surface area contributed by atoms with Crippen molar-refractivity contribution in [1.29, 1.82) is 0 Å². The third-order valence-corrected chi connectivity index (χ3v) is 2.15. The highest BCUT2D eigenvalue weighted by atomic mass is 19.4. The highest BCUT2D eigenvalue weighted by Crippen LogP contribution is 2.28. The molecule has 0 aliphatic rings. The van der Waals surface area contributed by atoms with E-state index in [0.717, 1.165) is 0 Å². The highest BCUT2D eigenvalue weighted by Gasteiger charge is 2.35. The van der Waals surface area contributed by atoms with Crippen LogP contribution in [0, 0.1) is 0 Å². The Kier molecular flexibility index (Phi) is 4.71. The Bertz CT molecular complexity index is 397. The van der Waals surface area contributed by atoms with E-state index in [0.29, 0.717) is 19.8 Å². The van der Waals surface area contributed by atoms with Crippen LogP contribution in [-0.2, 0) is 10.9 Å². The van der Waals surface area contributed by atoms with E-state index in [9.17, 15) is 13.2 Å². The maximum absolute atomic E-state index is 12.5. The van der Waals surface area contributed by atoms with E-state index in [1.807, 2.05) is 6.92 Å². The third kappa shape index (κ3) is 4.02. The molecule has 8 heteroatoms. The number of rotatable bonds is 5. The fourth-order valence-corrected chi connectivity index (χ4v) is 1.24. The minimum absolute atomic E-state index is 0.120. The van der Waals surface area contributed by atoms with Crippen LogP contribution in [0.5, 0.6) is 0 Å². The number of aromatic nitrogens is 2. The second kappa shape index (κ2) is 5.85. The van der Waals surface area contributed by atoms with Gasteiger partial charge in [0.15, 0.2) is 0 Å². The Balaban J connectivity index is 2.85. The van der Waals surface area contributed by atoms with Crippen molar-refractivity contribution < 1.29 is 17.9 Å². The quantitative estimate of drug-likeness (QED) is 0.817. The van der Waals surface area contributed by atoms with Gasteiger partial charge in [-0.1, -0.05) is 0 Å². The molecule has 0 aliphatic carbocycles. The van der Waals surface area contributed by atoms with Crippen molar-refractivity contribution in [3.05, 3.63) is 11.9 Å². The molecule has 0 spiro atoms. The van der Waals surface area contributed by atoms with E-state index in [1.54, 1.807) is 7.05 Å². The molecule has 0 saturated carbocycles. The molecule has 1 aromatic heterocycles. The minimum Gasteiger partial charge on any atom is -0.384 e. The molecule has 0 aliphatic heterocycles. The maximum Gasteiger partial charge on any atom is 0.451 e. The number of hydrogen-bond acceptors (Lipinski definition) is 5. The van der Waals surface area contributed by atoms with Crippen molar-refractivity contribution in [2.75, 3.05) is 37.4 Å². The zero-order chi connectivity index (χ0) is 13.8. The van der Waals surface area contributed by atoms with Crippen molar-refractivity contribution in [3.63, 3.8) is 0 Å². The van der Waals surface area contributed by atoms with Crippen LogP contribution in [0.25, 0.3) is 0 Å². The van der Waals surface area contributed by atoms with E-state index < -0.39 is 12.0 Å².